The topological polar surface area (TPSA) is 99.6 Å². The predicted molar refractivity (Wildman–Crippen MR) is 154 cm³/mol. The van der Waals surface area contributed by atoms with E-state index >= 15 is 0 Å². The molecular weight excluding hydrogens is 543 g/mol. The second-order valence-corrected chi connectivity index (χ2v) is 10.7. The van der Waals surface area contributed by atoms with E-state index in [1.54, 1.807) is 24.3 Å². The number of hydrogen-bond donors (Lipinski definition) is 1. The number of amides is 1. The monoisotopic (exact) mass is 568 g/mol. The third kappa shape index (κ3) is 5.40. The summed E-state index contributed by atoms with van der Waals surface area (Å²) in [5.41, 5.74) is 5.47. The number of carbonyl (C=O) groups excluding carboxylic acids is 1. The third-order valence-electron chi connectivity index (χ3n) is 7.58. The number of benzene rings is 3. The van der Waals surface area contributed by atoms with Crippen molar-refractivity contribution < 1.29 is 13.9 Å². The molecule has 206 valence electrons. The number of nitrogens with one attached hydrogen (secondary N) is 1. The lowest BCUT2D eigenvalue weighted by atomic mass is 9.86. The Labute approximate surface area is 241 Å². The first-order valence-corrected chi connectivity index (χ1v) is 13.7. The molecule has 0 radical (unpaired) electrons. The first kappa shape index (κ1) is 26.6. The van der Waals surface area contributed by atoms with Gasteiger partial charge in [-0.15, -0.1) is 5.10 Å². The van der Waals surface area contributed by atoms with Crippen LogP contribution in [0.15, 0.2) is 85.3 Å². The van der Waals surface area contributed by atoms with Crippen LogP contribution in [0.3, 0.4) is 0 Å². The summed E-state index contributed by atoms with van der Waals surface area (Å²) in [5.74, 6) is -1.00. The van der Waals surface area contributed by atoms with E-state index in [2.05, 4.69) is 20.8 Å². The van der Waals surface area contributed by atoms with Crippen molar-refractivity contribution in [3.63, 3.8) is 0 Å². The Morgan fingerprint density at radius 2 is 1.90 bits per heavy atom. The molecule has 0 saturated heterocycles. The predicted octanol–water partition coefficient (Wildman–Crippen LogP) is 6.31. The van der Waals surface area contributed by atoms with Crippen molar-refractivity contribution >= 4 is 23.2 Å². The number of halogens is 2. The van der Waals surface area contributed by atoms with Crippen LogP contribution in [0, 0.1) is 16.9 Å². The Kier molecular flexibility index (Phi) is 7.19. The van der Waals surface area contributed by atoms with E-state index in [4.69, 9.17) is 11.6 Å². The molecule has 1 amide bonds. The number of anilines is 1. The number of carbonyl (C=O) groups is 1. The summed E-state index contributed by atoms with van der Waals surface area (Å²) >= 11 is 6.32. The SMILES string of the molecule is CC1CCCC(c2ccc(-c3cc(Cl)ccc3-n3cnnn3)c[n+]2[O-])c2cccc(c2)-c2cc(F)ccc2NC1=O. The molecule has 1 aliphatic rings. The summed E-state index contributed by atoms with van der Waals surface area (Å²) in [4.78, 5) is 12.9. The Morgan fingerprint density at radius 3 is 2.71 bits per heavy atom. The van der Waals surface area contributed by atoms with Gasteiger partial charge in [-0.05, 0) is 76.9 Å². The van der Waals surface area contributed by atoms with E-state index in [1.807, 2.05) is 43.3 Å². The molecular formula is C31H26ClFN6O2. The average Bonchev–Trinajstić information content (AvgIpc) is 3.51. The van der Waals surface area contributed by atoms with Crippen LogP contribution >= 0.6 is 11.6 Å². The molecule has 0 aliphatic carbocycles. The van der Waals surface area contributed by atoms with Crippen LogP contribution in [0.25, 0.3) is 27.9 Å². The number of tetrazole rings is 1. The van der Waals surface area contributed by atoms with Gasteiger partial charge in [0.2, 0.25) is 5.91 Å². The van der Waals surface area contributed by atoms with E-state index in [1.165, 1.54) is 29.3 Å². The molecule has 0 spiro atoms. The molecule has 5 aromatic rings. The molecule has 2 unspecified atom stereocenters. The minimum atomic E-state index is -0.393. The number of pyridine rings is 1. The lowest BCUT2D eigenvalue weighted by Crippen LogP contribution is -2.34. The van der Waals surface area contributed by atoms with Gasteiger partial charge in [-0.1, -0.05) is 49.2 Å². The van der Waals surface area contributed by atoms with Crippen LogP contribution in [0.4, 0.5) is 10.1 Å². The first-order chi connectivity index (χ1) is 19.9. The molecule has 3 aromatic carbocycles. The van der Waals surface area contributed by atoms with Crippen LogP contribution < -0.4 is 10.0 Å². The molecule has 6 rings (SSSR count). The molecule has 0 fully saturated rings. The Balaban J connectivity index is 1.44. The van der Waals surface area contributed by atoms with Crippen LogP contribution in [0.1, 0.15) is 43.4 Å². The third-order valence-corrected chi connectivity index (χ3v) is 7.82. The Bertz CT molecular complexity index is 1740. The lowest BCUT2D eigenvalue weighted by molar-refractivity contribution is -0.614. The first-order valence-electron chi connectivity index (χ1n) is 13.3. The van der Waals surface area contributed by atoms with E-state index < -0.39 is 5.82 Å². The van der Waals surface area contributed by atoms with Gasteiger partial charge >= 0.3 is 0 Å². The van der Waals surface area contributed by atoms with Crippen LogP contribution in [0.2, 0.25) is 5.02 Å². The molecule has 41 heavy (non-hydrogen) atoms. The molecule has 3 heterocycles. The summed E-state index contributed by atoms with van der Waals surface area (Å²) in [7, 11) is 0. The van der Waals surface area contributed by atoms with Crippen LogP contribution in [-0.2, 0) is 4.79 Å². The van der Waals surface area contributed by atoms with Gasteiger partial charge in [0.25, 0.3) is 0 Å². The smallest absolute Gasteiger partial charge is 0.227 e. The largest absolute Gasteiger partial charge is 0.618 e. The number of rotatable bonds is 3. The molecule has 0 saturated carbocycles. The van der Waals surface area contributed by atoms with E-state index in [0.29, 0.717) is 51.6 Å². The number of nitrogens with zero attached hydrogens (tertiary/aromatic N) is 5. The van der Waals surface area contributed by atoms with Crippen molar-refractivity contribution in [2.24, 2.45) is 5.92 Å². The highest BCUT2D eigenvalue weighted by Crippen LogP contribution is 2.36. The zero-order valence-electron chi connectivity index (χ0n) is 22.2. The molecule has 2 atom stereocenters. The van der Waals surface area contributed by atoms with Gasteiger partial charge in [-0.25, -0.2) is 4.39 Å². The molecule has 1 N–H and O–H groups in total. The second kappa shape index (κ2) is 11.1. The highest BCUT2D eigenvalue weighted by molar-refractivity contribution is 6.31. The van der Waals surface area contributed by atoms with Crippen LogP contribution in [-0.4, -0.2) is 26.1 Å². The second-order valence-electron chi connectivity index (χ2n) is 10.3. The summed E-state index contributed by atoms with van der Waals surface area (Å²) in [5, 5.41) is 28.6. The number of aromatic nitrogens is 5. The molecule has 2 aromatic heterocycles. The highest BCUT2D eigenvalue weighted by atomic mass is 35.5. The maximum atomic E-state index is 14.3. The van der Waals surface area contributed by atoms with Gasteiger partial charge in [0.1, 0.15) is 12.1 Å². The minimum Gasteiger partial charge on any atom is -0.618 e. The van der Waals surface area contributed by atoms with E-state index in [0.717, 1.165) is 22.3 Å². The van der Waals surface area contributed by atoms with Gasteiger partial charge in [0.15, 0.2) is 11.9 Å². The fraction of sp³-hybridized carbons (Fsp3) is 0.194. The zero-order valence-corrected chi connectivity index (χ0v) is 22.9. The lowest BCUT2D eigenvalue weighted by Gasteiger charge is -2.22. The highest BCUT2D eigenvalue weighted by Gasteiger charge is 2.26. The van der Waals surface area contributed by atoms with E-state index in [-0.39, 0.29) is 17.7 Å². The van der Waals surface area contributed by atoms with Crippen molar-refractivity contribution in [1.82, 2.24) is 20.2 Å². The normalized spacial score (nSPS) is 17.2. The maximum absolute atomic E-state index is 14.3. The summed E-state index contributed by atoms with van der Waals surface area (Å²) in [6.45, 7) is 1.88. The van der Waals surface area contributed by atoms with Crippen molar-refractivity contribution in [2.45, 2.75) is 32.1 Å². The Morgan fingerprint density at radius 1 is 1.02 bits per heavy atom. The van der Waals surface area contributed by atoms with Crippen molar-refractivity contribution in [3.05, 3.63) is 113 Å². The van der Waals surface area contributed by atoms with Crippen molar-refractivity contribution in [2.75, 3.05) is 5.32 Å². The van der Waals surface area contributed by atoms with Crippen molar-refractivity contribution in [3.8, 4) is 27.9 Å². The van der Waals surface area contributed by atoms with Gasteiger partial charge < -0.3 is 10.5 Å². The Hall–Kier alpha value is -4.63. The average molecular weight is 569 g/mol. The van der Waals surface area contributed by atoms with Gasteiger partial charge in [-0.3, -0.25) is 4.79 Å². The molecule has 8 nitrogen and oxygen atoms in total. The summed E-state index contributed by atoms with van der Waals surface area (Å²) in [6.07, 6.45) is 5.06. The number of hydrogen-bond acceptors (Lipinski definition) is 5. The standard InChI is InChI=1S/C31H26ClFN6O2/c1-19-4-2-7-25(20-5-3-6-21(14-20)26-16-24(33)10-11-28(26)35-31(19)40)30-12-8-22(17-39(30)41)27-15-23(32)9-13-29(27)38-18-34-36-37-38/h3,5-6,8-19,25H,2,4,7H2,1H3,(H,35,40). The fourth-order valence-corrected chi connectivity index (χ4v) is 5.59. The van der Waals surface area contributed by atoms with Gasteiger partial charge in [0, 0.05) is 39.4 Å². The minimum absolute atomic E-state index is 0.116. The molecule has 2 bridgehead atoms. The quantitative estimate of drug-likeness (QED) is 0.203. The van der Waals surface area contributed by atoms with E-state index in [9.17, 15) is 14.4 Å². The van der Waals surface area contributed by atoms with Gasteiger partial charge in [-0.2, -0.15) is 9.41 Å². The fourth-order valence-electron chi connectivity index (χ4n) is 5.42. The summed E-state index contributed by atoms with van der Waals surface area (Å²) < 4.78 is 16.7. The van der Waals surface area contributed by atoms with Crippen molar-refractivity contribution in [1.29, 1.82) is 0 Å². The van der Waals surface area contributed by atoms with Crippen LogP contribution in [0.5, 0.6) is 0 Å². The zero-order chi connectivity index (χ0) is 28.5. The molecule has 1 aliphatic heterocycles. The molecule has 10 heteroatoms. The van der Waals surface area contributed by atoms with Gasteiger partial charge in [0.05, 0.1) is 11.6 Å². The maximum Gasteiger partial charge on any atom is 0.227 e. The summed E-state index contributed by atoms with van der Waals surface area (Å²) in [6, 6.07) is 21.1. The number of fused-ring (bicyclic) bond motifs is 4.